The Morgan fingerprint density at radius 1 is 1.42 bits per heavy atom. The number of aliphatic hydroxyl groups is 1. The van der Waals surface area contributed by atoms with Crippen molar-refractivity contribution in [3.63, 3.8) is 0 Å². The van der Waals surface area contributed by atoms with E-state index in [9.17, 15) is 5.11 Å². The molecule has 0 aliphatic carbocycles. The normalized spacial score (nSPS) is 21.7. The first-order chi connectivity index (χ1) is 12.0. The van der Waals surface area contributed by atoms with Gasteiger partial charge in [-0.25, -0.2) is 0 Å². The Balaban J connectivity index is 3.43. The number of hydrogen-bond acceptors (Lipinski definition) is 6. The molecule has 0 aromatic rings. The van der Waals surface area contributed by atoms with Crippen LogP contribution >= 0.6 is 0 Å². The lowest BCUT2D eigenvalue weighted by Gasteiger charge is -2.43. The van der Waals surface area contributed by atoms with E-state index in [1.165, 1.54) is 6.21 Å². The van der Waals surface area contributed by atoms with Gasteiger partial charge in [-0.2, -0.15) is 0 Å². The van der Waals surface area contributed by atoms with Crippen molar-refractivity contribution in [3.05, 3.63) is 36.3 Å². The van der Waals surface area contributed by atoms with Crippen LogP contribution < -0.4 is 5.73 Å². The predicted octanol–water partition coefficient (Wildman–Crippen LogP) is 2.33. The second-order valence-corrected chi connectivity index (χ2v) is 7.37. The lowest BCUT2D eigenvalue weighted by Crippen LogP contribution is -2.55. The van der Waals surface area contributed by atoms with Crippen molar-refractivity contribution in [2.24, 2.45) is 11.7 Å². The van der Waals surface area contributed by atoms with E-state index in [0.29, 0.717) is 19.8 Å². The van der Waals surface area contributed by atoms with Gasteiger partial charge in [0.25, 0.3) is 0 Å². The summed E-state index contributed by atoms with van der Waals surface area (Å²) in [5.74, 6) is -0.372. The summed E-state index contributed by atoms with van der Waals surface area (Å²) in [6, 6.07) is 0. The van der Waals surface area contributed by atoms with Crippen LogP contribution in [0.2, 0.25) is 0 Å². The highest BCUT2D eigenvalue weighted by Gasteiger charge is 2.42. The molecule has 1 saturated heterocycles. The molecule has 0 radical (unpaired) electrons. The topological polar surface area (TPSA) is 85.8 Å². The summed E-state index contributed by atoms with van der Waals surface area (Å²) in [4.78, 5) is 4.17. The van der Waals surface area contributed by atoms with Gasteiger partial charge in [0.1, 0.15) is 0 Å². The molecule has 1 rings (SSSR count). The monoisotopic (exact) mass is 364 g/mol. The molecule has 1 aliphatic heterocycles. The Hall–Kier alpha value is -1.63. The van der Waals surface area contributed by atoms with Crippen molar-refractivity contribution < 1.29 is 9.84 Å². The molecule has 148 valence electrons. The zero-order valence-electron chi connectivity index (χ0n) is 17.0. The summed E-state index contributed by atoms with van der Waals surface area (Å²) in [5.41, 5.74) is 6.54. The fourth-order valence-electron chi connectivity index (χ4n) is 3.25. The maximum Gasteiger partial charge on any atom is 0.0896 e. The largest absolute Gasteiger partial charge is 0.385 e. The van der Waals surface area contributed by atoms with Gasteiger partial charge in [0, 0.05) is 31.8 Å². The summed E-state index contributed by atoms with van der Waals surface area (Å²) in [6.07, 6.45) is 2.95. The second kappa shape index (κ2) is 8.84. The molecule has 2 unspecified atom stereocenters. The minimum Gasteiger partial charge on any atom is -0.385 e. The first-order valence-corrected chi connectivity index (χ1v) is 9.19. The Morgan fingerprint density at radius 2 is 1.96 bits per heavy atom. The van der Waals surface area contributed by atoms with E-state index < -0.39 is 11.1 Å². The first-order valence-electron chi connectivity index (χ1n) is 9.19. The molecule has 1 heterocycles. The molecule has 26 heavy (non-hydrogen) atoms. The van der Waals surface area contributed by atoms with E-state index >= 15 is 0 Å². The molecular formula is C20H36N4O2. The van der Waals surface area contributed by atoms with E-state index in [1.54, 1.807) is 20.0 Å². The number of morpholine rings is 1. The third-order valence-corrected chi connectivity index (χ3v) is 5.72. The van der Waals surface area contributed by atoms with E-state index in [1.807, 2.05) is 25.7 Å². The summed E-state index contributed by atoms with van der Waals surface area (Å²) >= 11 is 0. The van der Waals surface area contributed by atoms with Crippen LogP contribution in [0.4, 0.5) is 0 Å². The SMILES string of the molecule is C=CN(CC)/C(C(=C)N1CCOCC1)=C(/C)C(C)(O)[C@H](C)C(C)(N)C=N. The minimum atomic E-state index is -1.22. The third kappa shape index (κ3) is 4.55. The number of nitrogens with one attached hydrogen (secondary N) is 1. The Morgan fingerprint density at radius 3 is 2.38 bits per heavy atom. The number of likely N-dealkylation sites (N-methyl/N-ethyl adjacent to an activating group) is 1. The summed E-state index contributed by atoms with van der Waals surface area (Å²) in [7, 11) is 0. The smallest absolute Gasteiger partial charge is 0.0896 e. The van der Waals surface area contributed by atoms with Crippen LogP contribution in [-0.2, 0) is 4.74 Å². The lowest BCUT2D eigenvalue weighted by molar-refractivity contribution is 0.0209. The maximum atomic E-state index is 11.4. The van der Waals surface area contributed by atoms with Crippen molar-refractivity contribution >= 4 is 6.21 Å². The van der Waals surface area contributed by atoms with E-state index in [-0.39, 0.29) is 5.92 Å². The van der Waals surface area contributed by atoms with E-state index in [2.05, 4.69) is 18.1 Å². The number of nitrogens with two attached hydrogens (primary N) is 1. The fourth-order valence-corrected chi connectivity index (χ4v) is 3.25. The van der Waals surface area contributed by atoms with Crippen molar-refractivity contribution in [1.29, 1.82) is 5.41 Å². The zero-order chi connectivity index (χ0) is 20.1. The molecule has 0 amide bonds. The molecule has 4 N–H and O–H groups in total. The summed E-state index contributed by atoms with van der Waals surface area (Å²) in [5, 5.41) is 19.0. The van der Waals surface area contributed by atoms with Crippen LogP contribution in [0.25, 0.3) is 0 Å². The van der Waals surface area contributed by atoms with Gasteiger partial charge in [0.15, 0.2) is 0 Å². The highest BCUT2D eigenvalue weighted by atomic mass is 16.5. The van der Waals surface area contributed by atoms with Gasteiger partial charge in [-0.05, 0) is 39.5 Å². The van der Waals surface area contributed by atoms with Crippen LogP contribution in [-0.4, -0.2) is 65.1 Å². The number of hydrogen-bond donors (Lipinski definition) is 3. The third-order valence-electron chi connectivity index (χ3n) is 5.72. The van der Waals surface area contributed by atoms with Crippen LogP contribution in [0.1, 0.15) is 34.6 Å². The molecule has 0 saturated carbocycles. The average Bonchev–Trinajstić information content (AvgIpc) is 2.64. The standard InChI is InChI=1S/C20H36N4O2/c1-8-23(9-2)18(16(4)24-10-12-26-13-11-24)15(3)20(7,25)17(5)19(6,22)14-21/h8,14,17,21,25H,1,4,9-13,22H2,2-3,5-7H3/b18-15-,21-14?/t17-,19?,20?/m1/s1. The number of nitrogens with zero attached hydrogens (tertiary/aromatic N) is 2. The molecule has 0 bridgehead atoms. The highest BCUT2D eigenvalue weighted by Crippen LogP contribution is 2.36. The van der Waals surface area contributed by atoms with Crippen molar-refractivity contribution in [2.75, 3.05) is 32.8 Å². The minimum absolute atomic E-state index is 0.372. The molecule has 0 spiro atoms. The quantitative estimate of drug-likeness (QED) is 0.432. The lowest BCUT2D eigenvalue weighted by atomic mass is 9.73. The van der Waals surface area contributed by atoms with Crippen molar-refractivity contribution in [2.45, 2.75) is 45.8 Å². The van der Waals surface area contributed by atoms with Crippen LogP contribution in [0, 0.1) is 11.3 Å². The van der Waals surface area contributed by atoms with Gasteiger partial charge in [-0.3, -0.25) is 0 Å². The summed E-state index contributed by atoms with van der Waals surface area (Å²) < 4.78 is 5.44. The zero-order valence-corrected chi connectivity index (χ0v) is 17.0. The average molecular weight is 365 g/mol. The number of ether oxygens (including phenoxy) is 1. The Bertz CT molecular complexity index is 560. The molecular weight excluding hydrogens is 328 g/mol. The maximum absolute atomic E-state index is 11.4. The Labute approximate surface area is 158 Å². The van der Waals surface area contributed by atoms with Crippen molar-refractivity contribution in [3.8, 4) is 0 Å². The molecule has 0 aromatic carbocycles. The summed E-state index contributed by atoms with van der Waals surface area (Å²) in [6.45, 7) is 21.1. The van der Waals surface area contributed by atoms with Gasteiger partial charge in [-0.15, -0.1) is 0 Å². The van der Waals surface area contributed by atoms with Crippen molar-refractivity contribution in [1.82, 2.24) is 9.80 Å². The molecule has 6 nitrogen and oxygen atoms in total. The molecule has 0 aromatic heterocycles. The predicted molar refractivity (Wildman–Crippen MR) is 108 cm³/mol. The van der Waals surface area contributed by atoms with E-state index in [4.69, 9.17) is 15.9 Å². The van der Waals surface area contributed by atoms with Crippen LogP contribution in [0.5, 0.6) is 0 Å². The Kier molecular flexibility index (Phi) is 7.62. The second-order valence-electron chi connectivity index (χ2n) is 7.37. The van der Waals surface area contributed by atoms with Gasteiger partial charge >= 0.3 is 0 Å². The van der Waals surface area contributed by atoms with E-state index in [0.717, 1.165) is 30.1 Å². The molecule has 1 fully saturated rings. The highest BCUT2D eigenvalue weighted by molar-refractivity contribution is 5.67. The van der Waals surface area contributed by atoms with Gasteiger partial charge in [-0.1, -0.05) is 20.1 Å². The molecule has 3 atom stereocenters. The molecule has 1 aliphatic rings. The fraction of sp³-hybridized carbons (Fsp3) is 0.650. The van der Waals surface area contributed by atoms with Gasteiger partial charge < -0.3 is 30.8 Å². The molecule has 6 heteroatoms. The first kappa shape index (κ1) is 22.4. The van der Waals surface area contributed by atoms with Gasteiger partial charge in [0.2, 0.25) is 0 Å². The van der Waals surface area contributed by atoms with Gasteiger partial charge in [0.05, 0.1) is 35.7 Å². The van der Waals surface area contributed by atoms with Crippen LogP contribution in [0.15, 0.2) is 36.3 Å². The van der Waals surface area contributed by atoms with Crippen LogP contribution in [0.3, 0.4) is 0 Å². The number of rotatable bonds is 9.